The van der Waals surface area contributed by atoms with Gasteiger partial charge in [-0.05, 0) is 26.0 Å². The van der Waals surface area contributed by atoms with Crippen LogP contribution in [0.3, 0.4) is 0 Å². The minimum absolute atomic E-state index is 0.220. The Labute approximate surface area is 113 Å². The molecular formula is C13H22N4O2. The van der Waals surface area contributed by atoms with E-state index >= 15 is 0 Å². The van der Waals surface area contributed by atoms with Gasteiger partial charge in [0.1, 0.15) is 0 Å². The molecule has 0 aliphatic heterocycles. The van der Waals surface area contributed by atoms with Gasteiger partial charge in [-0.3, -0.25) is 4.79 Å². The van der Waals surface area contributed by atoms with E-state index in [9.17, 15) is 4.79 Å². The van der Waals surface area contributed by atoms with Crippen molar-refractivity contribution in [3.05, 3.63) is 17.8 Å². The van der Waals surface area contributed by atoms with Gasteiger partial charge in [0.05, 0.1) is 6.61 Å². The van der Waals surface area contributed by atoms with Gasteiger partial charge in [-0.25, -0.2) is 0 Å². The van der Waals surface area contributed by atoms with Crippen LogP contribution >= 0.6 is 0 Å². The SMILES string of the molecule is CCNC(=O)c1ccc(OCCCNC(C)C)nn1. The van der Waals surface area contributed by atoms with Crippen molar-refractivity contribution in [2.75, 3.05) is 19.7 Å². The highest BCUT2D eigenvalue weighted by molar-refractivity contribution is 5.91. The lowest BCUT2D eigenvalue weighted by molar-refractivity contribution is 0.0949. The van der Waals surface area contributed by atoms with E-state index in [1.54, 1.807) is 12.1 Å². The van der Waals surface area contributed by atoms with Crippen LogP contribution in [0, 0.1) is 0 Å². The Morgan fingerprint density at radius 2 is 2.16 bits per heavy atom. The highest BCUT2D eigenvalue weighted by Gasteiger charge is 2.06. The van der Waals surface area contributed by atoms with E-state index in [4.69, 9.17) is 4.74 Å². The molecule has 0 fully saturated rings. The number of nitrogens with zero attached hydrogens (tertiary/aromatic N) is 2. The van der Waals surface area contributed by atoms with E-state index in [1.165, 1.54) is 0 Å². The van der Waals surface area contributed by atoms with Crippen LogP contribution in [0.4, 0.5) is 0 Å². The van der Waals surface area contributed by atoms with Gasteiger partial charge in [0.25, 0.3) is 5.91 Å². The highest BCUT2D eigenvalue weighted by Crippen LogP contribution is 2.05. The predicted molar refractivity (Wildman–Crippen MR) is 73.3 cm³/mol. The molecule has 6 nitrogen and oxygen atoms in total. The second-order valence-electron chi connectivity index (χ2n) is 4.43. The summed E-state index contributed by atoms with van der Waals surface area (Å²) in [7, 11) is 0. The molecule has 1 heterocycles. The topological polar surface area (TPSA) is 76.1 Å². The number of nitrogens with one attached hydrogen (secondary N) is 2. The molecule has 106 valence electrons. The Bertz CT molecular complexity index is 379. The number of aromatic nitrogens is 2. The largest absolute Gasteiger partial charge is 0.477 e. The summed E-state index contributed by atoms with van der Waals surface area (Å²) in [6.07, 6.45) is 0.901. The fourth-order valence-corrected chi connectivity index (χ4v) is 1.41. The first-order valence-electron chi connectivity index (χ1n) is 6.61. The van der Waals surface area contributed by atoms with Gasteiger partial charge in [0, 0.05) is 18.7 Å². The average molecular weight is 266 g/mol. The molecule has 2 N–H and O–H groups in total. The van der Waals surface area contributed by atoms with Crippen molar-refractivity contribution in [2.45, 2.75) is 33.2 Å². The van der Waals surface area contributed by atoms with Crippen molar-refractivity contribution in [3.8, 4) is 5.88 Å². The molecule has 0 unspecified atom stereocenters. The van der Waals surface area contributed by atoms with Crippen LogP contribution in [-0.4, -0.2) is 41.8 Å². The maximum atomic E-state index is 11.5. The zero-order chi connectivity index (χ0) is 14.1. The summed E-state index contributed by atoms with van der Waals surface area (Å²) in [6, 6.07) is 3.75. The Morgan fingerprint density at radius 1 is 1.37 bits per heavy atom. The third kappa shape index (κ3) is 6.15. The quantitative estimate of drug-likeness (QED) is 0.686. The molecule has 6 heteroatoms. The number of carbonyl (C=O) groups excluding carboxylic acids is 1. The number of ether oxygens (including phenoxy) is 1. The lowest BCUT2D eigenvalue weighted by Crippen LogP contribution is -2.25. The van der Waals surface area contributed by atoms with Gasteiger partial charge in [0.15, 0.2) is 5.69 Å². The number of hydrogen-bond donors (Lipinski definition) is 2. The Balaban J connectivity index is 2.30. The highest BCUT2D eigenvalue weighted by atomic mass is 16.5. The maximum Gasteiger partial charge on any atom is 0.271 e. The van der Waals surface area contributed by atoms with Gasteiger partial charge < -0.3 is 15.4 Å². The summed E-state index contributed by atoms with van der Waals surface area (Å²) < 4.78 is 5.44. The Hall–Kier alpha value is -1.69. The number of carbonyl (C=O) groups is 1. The van der Waals surface area contributed by atoms with Crippen molar-refractivity contribution < 1.29 is 9.53 Å². The molecule has 0 saturated heterocycles. The fraction of sp³-hybridized carbons (Fsp3) is 0.615. The van der Waals surface area contributed by atoms with Gasteiger partial charge in [-0.2, -0.15) is 0 Å². The third-order valence-corrected chi connectivity index (χ3v) is 2.33. The molecule has 0 spiro atoms. The van der Waals surface area contributed by atoms with E-state index in [0.717, 1.165) is 13.0 Å². The van der Waals surface area contributed by atoms with Gasteiger partial charge in [-0.15, -0.1) is 10.2 Å². The maximum absolute atomic E-state index is 11.5. The molecule has 0 saturated carbocycles. The van der Waals surface area contributed by atoms with Crippen LogP contribution in [0.2, 0.25) is 0 Å². The standard InChI is InChI=1S/C13H22N4O2/c1-4-14-13(18)11-6-7-12(17-16-11)19-9-5-8-15-10(2)3/h6-7,10,15H,4-5,8-9H2,1-3H3,(H,14,18). The molecular weight excluding hydrogens is 244 g/mol. The van der Waals surface area contributed by atoms with Gasteiger partial charge in [0.2, 0.25) is 5.88 Å². The predicted octanol–water partition coefficient (Wildman–Crippen LogP) is 0.993. The van der Waals surface area contributed by atoms with Crippen molar-refractivity contribution in [3.63, 3.8) is 0 Å². The Kier molecular flexibility index (Phi) is 6.81. The van der Waals surface area contributed by atoms with Crippen molar-refractivity contribution in [1.82, 2.24) is 20.8 Å². The number of hydrogen-bond acceptors (Lipinski definition) is 5. The molecule has 1 amide bonds. The monoisotopic (exact) mass is 266 g/mol. The molecule has 0 atom stereocenters. The second-order valence-corrected chi connectivity index (χ2v) is 4.43. The van der Waals surface area contributed by atoms with E-state index in [0.29, 0.717) is 30.8 Å². The number of amides is 1. The smallest absolute Gasteiger partial charge is 0.271 e. The molecule has 0 aliphatic carbocycles. The summed E-state index contributed by atoms with van der Waals surface area (Å²) >= 11 is 0. The molecule has 0 radical (unpaired) electrons. The Morgan fingerprint density at radius 3 is 2.74 bits per heavy atom. The van der Waals surface area contributed by atoms with E-state index in [2.05, 4.69) is 34.7 Å². The zero-order valence-corrected chi connectivity index (χ0v) is 11.8. The molecule has 1 rings (SSSR count). The van der Waals surface area contributed by atoms with Crippen LogP contribution in [0.15, 0.2) is 12.1 Å². The molecule has 0 aliphatic rings. The van der Waals surface area contributed by atoms with Crippen molar-refractivity contribution in [1.29, 1.82) is 0 Å². The lowest BCUT2D eigenvalue weighted by Gasteiger charge is -2.08. The van der Waals surface area contributed by atoms with Crippen molar-refractivity contribution >= 4 is 5.91 Å². The summed E-state index contributed by atoms with van der Waals surface area (Å²) in [6.45, 7) is 8.12. The van der Waals surface area contributed by atoms with E-state index in [-0.39, 0.29) is 5.91 Å². The molecule has 1 aromatic rings. The second kappa shape index (κ2) is 8.42. The van der Waals surface area contributed by atoms with E-state index in [1.807, 2.05) is 6.92 Å². The zero-order valence-electron chi connectivity index (χ0n) is 11.8. The normalized spacial score (nSPS) is 10.5. The first-order chi connectivity index (χ1) is 9.13. The average Bonchev–Trinajstić information content (AvgIpc) is 2.39. The van der Waals surface area contributed by atoms with Crippen LogP contribution in [0.5, 0.6) is 5.88 Å². The van der Waals surface area contributed by atoms with Gasteiger partial charge >= 0.3 is 0 Å². The first-order valence-corrected chi connectivity index (χ1v) is 6.61. The van der Waals surface area contributed by atoms with Crippen LogP contribution < -0.4 is 15.4 Å². The molecule has 0 bridgehead atoms. The minimum Gasteiger partial charge on any atom is -0.477 e. The van der Waals surface area contributed by atoms with Crippen LogP contribution in [0.1, 0.15) is 37.7 Å². The molecule has 0 aromatic carbocycles. The lowest BCUT2D eigenvalue weighted by atomic mass is 10.3. The molecule has 19 heavy (non-hydrogen) atoms. The summed E-state index contributed by atoms with van der Waals surface area (Å²) in [5.41, 5.74) is 0.302. The van der Waals surface area contributed by atoms with Crippen LogP contribution in [0.25, 0.3) is 0 Å². The summed E-state index contributed by atoms with van der Waals surface area (Å²) in [5.74, 6) is 0.222. The number of rotatable bonds is 8. The summed E-state index contributed by atoms with van der Waals surface area (Å²) in [5, 5.41) is 13.6. The van der Waals surface area contributed by atoms with Crippen LogP contribution in [-0.2, 0) is 0 Å². The van der Waals surface area contributed by atoms with Gasteiger partial charge in [-0.1, -0.05) is 13.8 Å². The first kappa shape index (κ1) is 15.4. The fourth-order valence-electron chi connectivity index (χ4n) is 1.41. The minimum atomic E-state index is -0.220. The summed E-state index contributed by atoms with van der Waals surface area (Å²) in [4.78, 5) is 11.5. The van der Waals surface area contributed by atoms with Crippen molar-refractivity contribution in [2.24, 2.45) is 0 Å². The molecule has 1 aromatic heterocycles. The van der Waals surface area contributed by atoms with E-state index < -0.39 is 0 Å². The third-order valence-electron chi connectivity index (χ3n) is 2.33.